The van der Waals surface area contributed by atoms with Crippen LogP contribution in [0.4, 0.5) is 9.59 Å². The van der Waals surface area contributed by atoms with E-state index in [0.717, 1.165) is 0 Å². The van der Waals surface area contributed by atoms with E-state index in [-0.39, 0.29) is 17.6 Å². The van der Waals surface area contributed by atoms with E-state index in [4.69, 9.17) is 19.4 Å². The van der Waals surface area contributed by atoms with Crippen molar-refractivity contribution in [3.8, 4) is 12.1 Å². The van der Waals surface area contributed by atoms with Gasteiger partial charge in [0.2, 0.25) is 11.8 Å². The second-order valence-electron chi connectivity index (χ2n) is 6.21. The molecule has 14 nitrogen and oxygen atoms in total. The van der Waals surface area contributed by atoms with Crippen molar-refractivity contribution in [1.82, 2.24) is 21.3 Å². The number of hydrogen-bond donors (Lipinski definition) is 4. The Morgan fingerprint density at radius 2 is 1.26 bits per heavy atom. The molecule has 4 heterocycles. The van der Waals surface area contributed by atoms with Crippen molar-refractivity contribution >= 4 is 47.8 Å². The first-order valence-electron chi connectivity index (χ1n) is 9.32. The quantitative estimate of drug-likeness (QED) is 0.202. The number of nitrogens with one attached hydrogen (secondary N) is 4. The lowest BCUT2D eigenvalue weighted by Gasteiger charge is -2.13. The van der Waals surface area contributed by atoms with E-state index in [9.17, 15) is 28.8 Å². The van der Waals surface area contributed by atoms with Crippen LogP contribution in [0.25, 0.3) is 12.2 Å². The molecular formula is C21H14N6O8. The Labute approximate surface area is 195 Å². The molecule has 0 saturated carbocycles. The van der Waals surface area contributed by atoms with E-state index >= 15 is 0 Å². The normalized spacial score (nSPS) is 14.2. The van der Waals surface area contributed by atoms with Gasteiger partial charge in [-0.1, -0.05) is 0 Å². The number of hydrogen-bond acceptors (Lipinski definition) is 10. The molecule has 0 radical (unpaired) electrons. The molecule has 176 valence electrons. The van der Waals surface area contributed by atoms with Gasteiger partial charge >= 0.3 is 12.1 Å². The van der Waals surface area contributed by atoms with Crippen molar-refractivity contribution in [3.05, 3.63) is 59.5 Å². The Morgan fingerprint density at radius 1 is 0.771 bits per heavy atom. The maximum absolute atomic E-state index is 11.2. The molecule has 0 bridgehead atoms. The number of nitriles is 2. The van der Waals surface area contributed by atoms with Crippen LogP contribution in [0, 0.1) is 22.7 Å². The first-order valence-corrected chi connectivity index (χ1v) is 9.32. The summed E-state index contributed by atoms with van der Waals surface area (Å²) in [4.78, 5) is 64.0. The standard InChI is InChI=1S/C9H6N2O4.C8H4N2O.C4H4N2O3/c12-7-6(4-5-2-1-3-15-5)8(13)11-9(14)10-7;9-5-7(6-10)4-8-2-1-3-11-8;7-2-1-3(8)6-4(9)5-2/h1-4H,(H2,10,11,12,13,14);1-4H;1H2,(H2,5,6,7,8,9). The molecule has 0 unspecified atom stereocenters. The van der Waals surface area contributed by atoms with Crippen LogP contribution in [-0.2, 0) is 19.2 Å². The van der Waals surface area contributed by atoms with Crippen LogP contribution in [0.3, 0.4) is 0 Å². The highest BCUT2D eigenvalue weighted by molar-refractivity contribution is 6.31. The molecular weight excluding hydrogens is 464 g/mol. The SMILES string of the molecule is N#CC(C#N)=Cc1ccco1.O=C1CC(=O)NC(=O)N1.O=C1NC(=O)C(=Cc2ccco2)C(=O)N1. The molecule has 14 heteroatoms. The number of carbonyl (C=O) groups is 6. The summed E-state index contributed by atoms with van der Waals surface area (Å²) in [5.41, 5.74) is -0.121. The van der Waals surface area contributed by atoms with Crippen molar-refractivity contribution in [2.24, 2.45) is 0 Å². The van der Waals surface area contributed by atoms with E-state index < -0.39 is 35.7 Å². The summed E-state index contributed by atoms with van der Waals surface area (Å²) < 4.78 is 9.83. The molecule has 4 N–H and O–H groups in total. The van der Waals surface area contributed by atoms with Crippen LogP contribution in [0.5, 0.6) is 0 Å². The Bertz CT molecular complexity index is 1210. The number of nitrogens with zero attached hydrogens (tertiary/aromatic N) is 2. The molecule has 2 aromatic rings. The molecule has 0 aliphatic carbocycles. The van der Waals surface area contributed by atoms with Crippen LogP contribution in [0.1, 0.15) is 17.9 Å². The molecule has 0 aromatic carbocycles. The number of imide groups is 4. The number of barbiturate groups is 2. The third-order valence-corrected chi connectivity index (χ3v) is 3.67. The molecule has 35 heavy (non-hydrogen) atoms. The highest BCUT2D eigenvalue weighted by Gasteiger charge is 2.27. The Balaban J connectivity index is 0.000000193. The maximum atomic E-state index is 11.2. The van der Waals surface area contributed by atoms with Crippen molar-refractivity contribution < 1.29 is 37.6 Å². The van der Waals surface area contributed by atoms with Gasteiger partial charge in [-0.15, -0.1) is 0 Å². The second kappa shape index (κ2) is 12.3. The smallest absolute Gasteiger partial charge is 0.328 e. The predicted molar refractivity (Wildman–Crippen MR) is 113 cm³/mol. The lowest BCUT2D eigenvalue weighted by atomic mass is 10.1. The number of furan rings is 2. The summed E-state index contributed by atoms with van der Waals surface area (Å²) in [7, 11) is 0. The van der Waals surface area contributed by atoms with Crippen molar-refractivity contribution in [1.29, 1.82) is 10.5 Å². The summed E-state index contributed by atoms with van der Waals surface area (Å²) in [6.07, 6.45) is 5.29. The second-order valence-corrected chi connectivity index (χ2v) is 6.21. The van der Waals surface area contributed by atoms with Gasteiger partial charge in [0.15, 0.2) is 0 Å². The lowest BCUT2D eigenvalue weighted by molar-refractivity contribution is -0.130. The summed E-state index contributed by atoms with van der Waals surface area (Å²) in [5, 5.41) is 24.4. The van der Waals surface area contributed by atoms with Gasteiger partial charge in [-0.3, -0.25) is 40.4 Å². The van der Waals surface area contributed by atoms with E-state index in [0.29, 0.717) is 11.5 Å². The first kappa shape index (κ1) is 25.5. The summed E-state index contributed by atoms with van der Waals surface area (Å²) in [5.74, 6) is -1.69. The number of amides is 8. The first-order chi connectivity index (χ1) is 16.7. The largest absolute Gasteiger partial charge is 0.465 e. The number of urea groups is 2. The molecule has 4 rings (SSSR count). The monoisotopic (exact) mass is 478 g/mol. The molecule has 2 fully saturated rings. The zero-order valence-corrected chi connectivity index (χ0v) is 17.5. The van der Waals surface area contributed by atoms with Crippen molar-refractivity contribution in [2.75, 3.05) is 0 Å². The van der Waals surface area contributed by atoms with Gasteiger partial charge in [-0.2, -0.15) is 10.5 Å². The number of allylic oxidation sites excluding steroid dienone is 1. The Hall–Kier alpha value is -5.76. The van der Waals surface area contributed by atoms with E-state index in [2.05, 4.69) is 0 Å². The van der Waals surface area contributed by atoms with Crippen LogP contribution in [0.15, 0.2) is 56.8 Å². The molecule has 0 atom stereocenters. The fourth-order valence-electron chi connectivity index (χ4n) is 2.25. The lowest BCUT2D eigenvalue weighted by Crippen LogP contribution is -2.51. The zero-order valence-electron chi connectivity index (χ0n) is 17.5. The minimum absolute atomic E-state index is 0.0416. The Kier molecular flexibility index (Phi) is 8.98. The topological polar surface area (TPSA) is 224 Å². The van der Waals surface area contributed by atoms with Gasteiger partial charge in [-0.05, 0) is 30.3 Å². The van der Waals surface area contributed by atoms with E-state index in [1.165, 1.54) is 24.7 Å². The number of rotatable bonds is 2. The highest BCUT2D eigenvalue weighted by Crippen LogP contribution is 2.09. The van der Waals surface area contributed by atoms with Gasteiger partial charge in [0, 0.05) is 6.08 Å². The van der Waals surface area contributed by atoms with Gasteiger partial charge in [0.25, 0.3) is 11.8 Å². The fraction of sp³-hybridized carbons (Fsp3) is 0.0476. The fourth-order valence-corrected chi connectivity index (χ4v) is 2.25. The summed E-state index contributed by atoms with van der Waals surface area (Å²) >= 11 is 0. The molecule has 2 aromatic heterocycles. The zero-order chi connectivity index (χ0) is 25.8. The Morgan fingerprint density at radius 3 is 1.69 bits per heavy atom. The third-order valence-electron chi connectivity index (χ3n) is 3.67. The average molecular weight is 478 g/mol. The summed E-state index contributed by atoms with van der Waals surface area (Å²) in [6, 6.07) is 8.48. The van der Waals surface area contributed by atoms with Gasteiger partial charge in [-0.25, -0.2) is 9.59 Å². The van der Waals surface area contributed by atoms with Crippen LogP contribution >= 0.6 is 0 Å². The molecule has 2 aliphatic rings. The van der Waals surface area contributed by atoms with Gasteiger partial charge in [0.05, 0.1) is 12.5 Å². The molecule has 8 amide bonds. The predicted octanol–water partition coefficient (Wildman–Crippen LogP) is 0.482. The minimum atomic E-state index is -0.818. The van der Waals surface area contributed by atoms with Crippen molar-refractivity contribution in [3.63, 3.8) is 0 Å². The van der Waals surface area contributed by atoms with E-state index in [1.54, 1.807) is 36.4 Å². The maximum Gasteiger partial charge on any atom is 0.328 e. The van der Waals surface area contributed by atoms with Crippen LogP contribution in [-0.4, -0.2) is 35.7 Å². The number of carbonyl (C=O) groups excluding carboxylic acids is 6. The van der Waals surface area contributed by atoms with Crippen LogP contribution < -0.4 is 21.3 Å². The highest BCUT2D eigenvalue weighted by atomic mass is 16.3. The van der Waals surface area contributed by atoms with Gasteiger partial charge in [0.1, 0.15) is 41.2 Å². The average Bonchev–Trinajstić information content (AvgIpc) is 3.49. The van der Waals surface area contributed by atoms with Gasteiger partial charge < -0.3 is 8.83 Å². The molecule has 0 spiro atoms. The molecule has 2 saturated heterocycles. The van der Waals surface area contributed by atoms with E-state index in [1.807, 2.05) is 21.3 Å². The summed E-state index contributed by atoms with van der Waals surface area (Å²) in [6.45, 7) is 0. The van der Waals surface area contributed by atoms with Crippen LogP contribution in [0.2, 0.25) is 0 Å². The minimum Gasteiger partial charge on any atom is -0.465 e. The van der Waals surface area contributed by atoms with Crippen molar-refractivity contribution in [2.45, 2.75) is 6.42 Å². The molecule has 2 aliphatic heterocycles. The third kappa shape index (κ3) is 8.36.